The number of aliphatic hydroxyl groups is 2. The van der Waals surface area contributed by atoms with Crippen LogP contribution in [0, 0.1) is 31.5 Å². The second kappa shape index (κ2) is 10.6. The molecule has 0 bridgehead atoms. The first-order valence-corrected chi connectivity index (χ1v) is 7.24. The quantitative estimate of drug-likeness (QED) is 0.617. The fourth-order valence-electron chi connectivity index (χ4n) is 1.98. The van der Waals surface area contributed by atoms with E-state index < -0.39 is 11.6 Å². The molecule has 7 heteroatoms. The molecule has 4 nitrogen and oxygen atoms in total. The third kappa shape index (κ3) is 8.01. The molecule has 0 saturated heterocycles. The first-order chi connectivity index (χ1) is 10.7. The van der Waals surface area contributed by atoms with Crippen molar-refractivity contribution < 1.29 is 39.1 Å². The summed E-state index contributed by atoms with van der Waals surface area (Å²) in [5, 5.41) is 17.1. The van der Waals surface area contributed by atoms with Gasteiger partial charge in [-0.3, -0.25) is 4.98 Å². The van der Waals surface area contributed by atoms with Crippen LogP contribution in [0.3, 0.4) is 0 Å². The third-order valence-electron chi connectivity index (χ3n) is 2.81. The predicted molar refractivity (Wildman–Crippen MR) is 83.7 cm³/mol. The van der Waals surface area contributed by atoms with Crippen molar-refractivity contribution in [2.75, 3.05) is 0 Å². The van der Waals surface area contributed by atoms with Gasteiger partial charge in [-0.1, -0.05) is 6.07 Å². The van der Waals surface area contributed by atoms with Crippen molar-refractivity contribution in [2.24, 2.45) is 0 Å². The minimum absolute atomic E-state index is 0. The van der Waals surface area contributed by atoms with Crippen LogP contribution in [-0.4, -0.2) is 32.4 Å². The second-order valence-electron chi connectivity index (χ2n) is 5.44. The summed E-state index contributed by atoms with van der Waals surface area (Å²) in [6.45, 7) is 6.87. The molecular weight excluding hydrogens is 494 g/mol. The Morgan fingerprint density at radius 2 is 1.71 bits per heavy atom. The van der Waals surface area contributed by atoms with Crippen LogP contribution >= 0.6 is 0 Å². The molecule has 2 N–H and O–H groups in total. The Morgan fingerprint density at radius 3 is 2.12 bits per heavy atom. The van der Waals surface area contributed by atoms with E-state index in [0.717, 1.165) is 11.8 Å². The van der Waals surface area contributed by atoms with E-state index in [1.807, 2.05) is 0 Å². The molecule has 0 aliphatic rings. The van der Waals surface area contributed by atoms with E-state index in [0.29, 0.717) is 17.8 Å². The van der Waals surface area contributed by atoms with E-state index in [2.05, 4.69) is 16.0 Å². The van der Waals surface area contributed by atoms with E-state index in [9.17, 15) is 8.78 Å². The minimum atomic E-state index is -0.739. The fraction of sp³-hybridized carbons (Fsp3) is 0.412. The summed E-state index contributed by atoms with van der Waals surface area (Å²) in [6, 6.07) is 4.38. The zero-order valence-corrected chi connectivity index (χ0v) is 16.4. The van der Waals surface area contributed by atoms with Gasteiger partial charge in [-0.15, -0.1) is 17.7 Å². The van der Waals surface area contributed by atoms with Gasteiger partial charge in [-0.05, 0) is 34.1 Å². The minimum Gasteiger partial charge on any atom is -0.393 e. The number of hydrogen-bond acceptors (Lipinski definition) is 4. The Labute approximate surface area is 154 Å². The van der Waals surface area contributed by atoms with Crippen LogP contribution in [0.25, 0.3) is 11.3 Å². The molecular formula is C17H21F2IrN2O2-. The van der Waals surface area contributed by atoms with Gasteiger partial charge < -0.3 is 15.2 Å². The summed E-state index contributed by atoms with van der Waals surface area (Å²) in [6.07, 6.45) is 1.28. The average molecular weight is 516 g/mol. The van der Waals surface area contributed by atoms with Crippen LogP contribution < -0.4 is 0 Å². The van der Waals surface area contributed by atoms with Gasteiger partial charge in [-0.25, -0.2) is 8.78 Å². The summed E-state index contributed by atoms with van der Waals surface area (Å²) in [7, 11) is 0. The van der Waals surface area contributed by atoms with Crippen molar-refractivity contribution in [2.45, 2.75) is 46.3 Å². The van der Waals surface area contributed by atoms with E-state index in [-0.39, 0.29) is 37.9 Å². The molecule has 0 saturated carbocycles. The van der Waals surface area contributed by atoms with Crippen molar-refractivity contribution in [1.29, 1.82) is 0 Å². The number of rotatable bonds is 3. The van der Waals surface area contributed by atoms with Gasteiger partial charge in [0.1, 0.15) is 0 Å². The molecule has 1 aromatic heterocycles. The zero-order valence-electron chi connectivity index (χ0n) is 14.0. The Hall–Kier alpha value is -1.27. The molecule has 0 fully saturated rings. The van der Waals surface area contributed by atoms with E-state index in [1.54, 1.807) is 33.9 Å². The van der Waals surface area contributed by atoms with Gasteiger partial charge in [0, 0.05) is 49.3 Å². The zero-order chi connectivity index (χ0) is 17.6. The summed E-state index contributed by atoms with van der Waals surface area (Å²) in [4.78, 5) is 8.29. The van der Waals surface area contributed by atoms with Crippen LogP contribution in [0.1, 0.15) is 31.7 Å². The second-order valence-corrected chi connectivity index (χ2v) is 5.44. The number of aryl methyl sites for hydroxylation is 2. The smallest absolute Gasteiger partial charge is 0.0539 e. The van der Waals surface area contributed by atoms with Gasteiger partial charge >= 0.3 is 0 Å². The van der Waals surface area contributed by atoms with Gasteiger partial charge in [0.25, 0.3) is 0 Å². The van der Waals surface area contributed by atoms with Crippen LogP contribution in [0.5, 0.6) is 0 Å². The Morgan fingerprint density at radius 1 is 1.12 bits per heavy atom. The number of benzene rings is 1. The molecule has 24 heavy (non-hydrogen) atoms. The average Bonchev–Trinajstić information content (AvgIpc) is 2.36. The maximum absolute atomic E-state index is 13.0. The van der Waals surface area contributed by atoms with Crippen molar-refractivity contribution >= 4 is 0 Å². The number of nitrogens with zero attached hydrogens (tertiary/aromatic N) is 2. The maximum Gasteiger partial charge on any atom is 0.0539 e. The van der Waals surface area contributed by atoms with E-state index >= 15 is 0 Å². The molecule has 0 amide bonds. The number of aliphatic hydroxyl groups excluding tert-OH is 2. The summed E-state index contributed by atoms with van der Waals surface area (Å²) in [5.41, 5.74) is 2.12. The topological polar surface area (TPSA) is 66.2 Å². The monoisotopic (exact) mass is 516 g/mol. The summed E-state index contributed by atoms with van der Waals surface area (Å²) in [5.74, 6) is -1.38. The van der Waals surface area contributed by atoms with Crippen molar-refractivity contribution in [3.8, 4) is 11.3 Å². The summed E-state index contributed by atoms with van der Waals surface area (Å²) < 4.78 is 26.0. The van der Waals surface area contributed by atoms with Gasteiger partial charge in [-0.2, -0.15) is 0 Å². The number of aromatic nitrogens is 2. The summed E-state index contributed by atoms with van der Waals surface area (Å²) >= 11 is 0. The normalized spacial score (nSPS) is 12.5. The van der Waals surface area contributed by atoms with E-state index in [4.69, 9.17) is 10.2 Å². The van der Waals surface area contributed by atoms with Crippen LogP contribution in [0.4, 0.5) is 8.78 Å². The van der Waals surface area contributed by atoms with Gasteiger partial charge in [0.05, 0.1) is 17.9 Å². The van der Waals surface area contributed by atoms with Crippen molar-refractivity contribution in [3.63, 3.8) is 0 Å². The molecule has 2 unspecified atom stereocenters. The molecule has 1 aromatic carbocycles. The third-order valence-corrected chi connectivity index (χ3v) is 2.81. The number of hydrogen-bond donors (Lipinski definition) is 2. The van der Waals surface area contributed by atoms with Crippen LogP contribution in [0.2, 0.25) is 0 Å². The Balaban J connectivity index is 0.000000570. The van der Waals surface area contributed by atoms with Gasteiger partial charge in [0.2, 0.25) is 0 Å². The van der Waals surface area contributed by atoms with Crippen molar-refractivity contribution in [1.82, 2.24) is 9.97 Å². The maximum atomic E-state index is 13.0. The standard InChI is InChI=1S/C12H9F2N2.C5H12O2.Ir/c1-7-6-15-12(8(2)16-7)9-3-10(13)5-11(14)4-9;1-4(6)3-5(2)7;/h3,5-6H,1-2H3;4-7H,3H2,1-2H3;/q-1;;. The molecule has 2 atom stereocenters. The first kappa shape index (κ1) is 22.7. The molecule has 0 spiro atoms. The largest absolute Gasteiger partial charge is 0.393 e. The fourth-order valence-corrected chi connectivity index (χ4v) is 1.98. The Bertz CT molecular complexity index is 626. The van der Waals surface area contributed by atoms with Crippen LogP contribution in [-0.2, 0) is 20.1 Å². The molecule has 2 rings (SSSR count). The molecule has 135 valence electrons. The van der Waals surface area contributed by atoms with Crippen molar-refractivity contribution in [3.05, 3.63) is 47.4 Å². The SMILES string of the molecule is CC(O)CC(C)O.Cc1cnc(-c2[c-]c(F)cc(F)c2)c(C)n1.[Ir]. The predicted octanol–water partition coefficient (Wildman–Crippen LogP) is 2.97. The molecule has 1 radical (unpaired) electrons. The number of halogens is 2. The molecule has 1 heterocycles. The van der Waals surface area contributed by atoms with Crippen LogP contribution in [0.15, 0.2) is 18.3 Å². The molecule has 0 aliphatic carbocycles. The molecule has 2 aromatic rings. The van der Waals surface area contributed by atoms with E-state index in [1.165, 1.54) is 6.07 Å². The first-order valence-electron chi connectivity index (χ1n) is 7.24. The Kier molecular flexibility index (Phi) is 10.0. The van der Waals surface area contributed by atoms with Gasteiger partial charge in [0.15, 0.2) is 0 Å². The molecule has 0 aliphatic heterocycles.